The molecule has 0 spiro atoms. The van der Waals surface area contributed by atoms with E-state index >= 15 is 0 Å². The van der Waals surface area contributed by atoms with Crippen molar-refractivity contribution in [1.82, 2.24) is 4.98 Å². The van der Waals surface area contributed by atoms with E-state index in [4.69, 9.17) is 4.74 Å². The number of esters is 1. The quantitative estimate of drug-likeness (QED) is 0.366. The molecule has 0 saturated carbocycles. The number of carbonyl (C=O) groups excluding carboxylic acids is 1. The summed E-state index contributed by atoms with van der Waals surface area (Å²) in [6, 6.07) is 14.9. The highest BCUT2D eigenvalue weighted by Crippen LogP contribution is 2.24. The number of benzene rings is 2. The van der Waals surface area contributed by atoms with Crippen LogP contribution in [0, 0.1) is 0 Å². The van der Waals surface area contributed by atoms with E-state index in [1.165, 1.54) is 11.3 Å². The number of phenolic OH excluding ortho intramolecular Hbond substituents is 1. The average Bonchev–Trinajstić information content (AvgIpc) is 3.10. The van der Waals surface area contributed by atoms with Gasteiger partial charge in [-0.25, -0.2) is 4.98 Å². The van der Waals surface area contributed by atoms with Crippen LogP contribution in [0.2, 0.25) is 0 Å². The number of ether oxygens (including phenoxy) is 1. The summed E-state index contributed by atoms with van der Waals surface area (Å²) in [5.74, 6) is -0.0605. The number of thiazole rings is 1. The van der Waals surface area contributed by atoms with E-state index < -0.39 is 0 Å². The van der Waals surface area contributed by atoms with Gasteiger partial charge in [-0.1, -0.05) is 36.4 Å². The van der Waals surface area contributed by atoms with E-state index in [0.29, 0.717) is 17.4 Å². The fraction of sp³-hybridized carbons (Fsp3) is 0.150. The summed E-state index contributed by atoms with van der Waals surface area (Å²) in [6.07, 6.45) is 1.87. The molecule has 0 saturated heterocycles. The lowest BCUT2D eigenvalue weighted by Crippen LogP contribution is -2.07. The predicted octanol–water partition coefficient (Wildman–Crippen LogP) is 4.07. The normalized spacial score (nSPS) is 10.9. The topological polar surface area (TPSA) is 83.8 Å². The third-order valence-corrected chi connectivity index (χ3v) is 4.48. The third kappa shape index (κ3) is 5.15. The van der Waals surface area contributed by atoms with Crippen molar-refractivity contribution in [3.63, 3.8) is 0 Å². The zero-order valence-electron chi connectivity index (χ0n) is 14.8. The Kier molecular flexibility index (Phi) is 6.17. The Bertz CT molecular complexity index is 936. The number of aromatic nitrogens is 1. The molecule has 0 fully saturated rings. The molecule has 0 aliphatic carbocycles. The summed E-state index contributed by atoms with van der Waals surface area (Å²) in [5.41, 5.74) is 6.47. The minimum atomic E-state index is -0.291. The summed E-state index contributed by atoms with van der Waals surface area (Å²) in [7, 11) is 0. The highest BCUT2D eigenvalue weighted by molar-refractivity contribution is 7.13. The lowest BCUT2D eigenvalue weighted by molar-refractivity contribution is -0.142. The molecule has 7 heteroatoms. The molecular formula is C20H19N3O3S. The van der Waals surface area contributed by atoms with E-state index in [9.17, 15) is 9.90 Å². The van der Waals surface area contributed by atoms with Crippen LogP contribution in [0.5, 0.6) is 5.75 Å². The first-order valence-electron chi connectivity index (χ1n) is 8.43. The number of carbonyl (C=O) groups is 1. The van der Waals surface area contributed by atoms with Gasteiger partial charge in [0.15, 0.2) is 0 Å². The highest BCUT2D eigenvalue weighted by Gasteiger charge is 2.08. The van der Waals surface area contributed by atoms with Crippen molar-refractivity contribution in [3.05, 3.63) is 65.2 Å². The minimum Gasteiger partial charge on any atom is -0.508 e. The van der Waals surface area contributed by atoms with Gasteiger partial charge in [-0.15, -0.1) is 11.3 Å². The van der Waals surface area contributed by atoms with Crippen molar-refractivity contribution in [1.29, 1.82) is 0 Å². The molecule has 0 aliphatic rings. The van der Waals surface area contributed by atoms with Gasteiger partial charge in [0.1, 0.15) is 5.75 Å². The average molecular weight is 381 g/mol. The molecule has 2 N–H and O–H groups in total. The van der Waals surface area contributed by atoms with Crippen LogP contribution in [0.3, 0.4) is 0 Å². The fourth-order valence-corrected chi connectivity index (χ4v) is 3.13. The van der Waals surface area contributed by atoms with Crippen LogP contribution >= 0.6 is 11.3 Å². The van der Waals surface area contributed by atoms with Crippen LogP contribution in [-0.4, -0.2) is 28.9 Å². The third-order valence-electron chi connectivity index (χ3n) is 3.69. The lowest BCUT2D eigenvalue weighted by atomic mass is 10.0. The van der Waals surface area contributed by atoms with Crippen LogP contribution in [0.25, 0.3) is 11.1 Å². The molecule has 0 unspecified atom stereocenters. The van der Waals surface area contributed by atoms with E-state index in [-0.39, 0.29) is 18.1 Å². The van der Waals surface area contributed by atoms with Gasteiger partial charge >= 0.3 is 5.97 Å². The molecule has 3 rings (SSSR count). The number of nitrogens with zero attached hydrogens (tertiary/aromatic N) is 2. The van der Waals surface area contributed by atoms with E-state index in [1.54, 1.807) is 30.7 Å². The maximum Gasteiger partial charge on any atom is 0.311 e. The molecule has 138 valence electrons. The highest BCUT2D eigenvalue weighted by atomic mass is 32.1. The first kappa shape index (κ1) is 18.6. The van der Waals surface area contributed by atoms with E-state index in [2.05, 4.69) is 15.5 Å². The Morgan fingerprint density at radius 1 is 1.26 bits per heavy atom. The summed E-state index contributed by atoms with van der Waals surface area (Å²) in [4.78, 5) is 15.8. The molecule has 0 amide bonds. The summed E-state index contributed by atoms with van der Waals surface area (Å²) >= 11 is 1.38. The largest absolute Gasteiger partial charge is 0.508 e. The SMILES string of the molecule is CCOC(=O)Cc1csc(NN=Cc2ccccc2-c2ccc(O)cc2)n1. The first-order chi connectivity index (χ1) is 13.2. The number of nitrogens with one attached hydrogen (secondary N) is 1. The number of hydrazone groups is 1. The van der Waals surface area contributed by atoms with Crippen LogP contribution in [0.15, 0.2) is 59.0 Å². The van der Waals surface area contributed by atoms with Crippen molar-refractivity contribution in [3.8, 4) is 16.9 Å². The van der Waals surface area contributed by atoms with Gasteiger partial charge in [0, 0.05) is 10.9 Å². The van der Waals surface area contributed by atoms with Gasteiger partial charge in [-0.05, 0) is 30.2 Å². The second-order valence-corrected chi connectivity index (χ2v) is 6.49. The zero-order chi connectivity index (χ0) is 19.1. The summed E-state index contributed by atoms with van der Waals surface area (Å²) < 4.78 is 4.92. The molecule has 0 radical (unpaired) electrons. The van der Waals surface area contributed by atoms with Crippen LogP contribution < -0.4 is 5.43 Å². The molecule has 27 heavy (non-hydrogen) atoms. The van der Waals surface area contributed by atoms with Crippen LogP contribution in [-0.2, 0) is 16.0 Å². The molecule has 0 atom stereocenters. The van der Waals surface area contributed by atoms with Gasteiger partial charge in [0.2, 0.25) is 5.13 Å². The standard InChI is InChI=1S/C20H19N3O3S/c1-2-26-19(25)11-16-13-27-20(22-16)23-21-12-15-5-3-4-6-18(15)14-7-9-17(24)10-8-14/h3-10,12-13,24H,2,11H2,1H3,(H,22,23). The summed E-state index contributed by atoms with van der Waals surface area (Å²) in [6.45, 7) is 2.13. The minimum absolute atomic E-state index is 0.152. The Labute approximate surface area is 161 Å². The van der Waals surface area contributed by atoms with Gasteiger partial charge in [-0.3, -0.25) is 10.2 Å². The van der Waals surface area contributed by atoms with Crippen LogP contribution in [0.4, 0.5) is 5.13 Å². The second kappa shape index (κ2) is 8.95. The van der Waals surface area contributed by atoms with Crippen molar-refractivity contribution in [2.45, 2.75) is 13.3 Å². The van der Waals surface area contributed by atoms with Gasteiger partial charge in [-0.2, -0.15) is 5.10 Å². The Morgan fingerprint density at radius 2 is 2.04 bits per heavy atom. The lowest BCUT2D eigenvalue weighted by Gasteiger charge is -2.06. The second-order valence-electron chi connectivity index (χ2n) is 5.63. The molecule has 2 aromatic carbocycles. The smallest absolute Gasteiger partial charge is 0.311 e. The zero-order valence-corrected chi connectivity index (χ0v) is 15.6. The van der Waals surface area contributed by atoms with Crippen molar-refractivity contribution in [2.75, 3.05) is 12.0 Å². The number of aromatic hydroxyl groups is 1. The maximum absolute atomic E-state index is 11.5. The number of anilines is 1. The first-order valence-corrected chi connectivity index (χ1v) is 9.31. The fourth-order valence-electron chi connectivity index (χ4n) is 2.47. The molecule has 0 bridgehead atoms. The predicted molar refractivity (Wildman–Crippen MR) is 107 cm³/mol. The molecular weight excluding hydrogens is 362 g/mol. The van der Waals surface area contributed by atoms with E-state index in [0.717, 1.165) is 16.7 Å². The van der Waals surface area contributed by atoms with E-state index in [1.807, 2.05) is 36.4 Å². The number of rotatable bonds is 7. The molecule has 6 nitrogen and oxygen atoms in total. The number of phenols is 1. The molecule has 3 aromatic rings. The van der Waals surface area contributed by atoms with Gasteiger partial charge < -0.3 is 9.84 Å². The Balaban J connectivity index is 1.68. The Hall–Kier alpha value is -3.19. The molecule has 0 aliphatic heterocycles. The van der Waals surface area contributed by atoms with Gasteiger partial charge in [0.25, 0.3) is 0 Å². The van der Waals surface area contributed by atoms with Crippen molar-refractivity contribution < 1.29 is 14.6 Å². The monoisotopic (exact) mass is 381 g/mol. The van der Waals surface area contributed by atoms with Gasteiger partial charge in [0.05, 0.1) is 24.9 Å². The van der Waals surface area contributed by atoms with Crippen molar-refractivity contribution >= 4 is 28.7 Å². The Morgan fingerprint density at radius 3 is 2.81 bits per heavy atom. The molecule has 1 heterocycles. The number of hydrogen-bond acceptors (Lipinski definition) is 7. The van der Waals surface area contributed by atoms with Crippen molar-refractivity contribution in [2.24, 2.45) is 5.10 Å². The number of hydrogen-bond donors (Lipinski definition) is 2. The maximum atomic E-state index is 11.5. The summed E-state index contributed by atoms with van der Waals surface area (Å²) in [5, 5.41) is 16.1. The molecule has 1 aromatic heterocycles. The van der Waals surface area contributed by atoms with Crippen LogP contribution in [0.1, 0.15) is 18.2 Å².